The highest BCUT2D eigenvalue weighted by Gasteiger charge is 2.15. The van der Waals surface area contributed by atoms with E-state index in [9.17, 15) is 18.4 Å². The van der Waals surface area contributed by atoms with Gasteiger partial charge in [-0.3, -0.25) is 4.79 Å². The van der Waals surface area contributed by atoms with E-state index < -0.39 is 5.60 Å². The lowest BCUT2D eigenvalue weighted by Gasteiger charge is -2.19. The van der Waals surface area contributed by atoms with Gasteiger partial charge in [0.15, 0.2) is 5.78 Å². The molecule has 0 aliphatic carbocycles. The van der Waals surface area contributed by atoms with Gasteiger partial charge in [-0.05, 0) is 90.4 Å². The summed E-state index contributed by atoms with van der Waals surface area (Å²) in [5.41, 5.74) is 6.26. The van der Waals surface area contributed by atoms with Crippen LogP contribution in [0.5, 0.6) is 0 Å². The van der Waals surface area contributed by atoms with Gasteiger partial charge in [0, 0.05) is 18.2 Å². The molecule has 2 rings (SSSR count). The lowest BCUT2D eigenvalue weighted by atomic mass is 10.1. The van der Waals surface area contributed by atoms with Crippen LogP contribution in [0.1, 0.15) is 82.8 Å². The number of ketones is 1. The highest BCUT2D eigenvalue weighted by molar-refractivity contribution is 5.93. The first-order chi connectivity index (χ1) is 16.9. The summed E-state index contributed by atoms with van der Waals surface area (Å²) in [4.78, 5) is 21.6. The third-order valence-corrected chi connectivity index (χ3v) is 4.61. The van der Waals surface area contributed by atoms with Gasteiger partial charge in [-0.2, -0.15) is 0 Å². The topological polar surface area (TPSA) is 93.5 Å². The Kier molecular flexibility index (Phi) is 17.0. The first kappa shape index (κ1) is 33.2. The van der Waals surface area contributed by atoms with Crippen molar-refractivity contribution in [2.24, 2.45) is 5.73 Å². The van der Waals surface area contributed by atoms with Crippen LogP contribution >= 0.6 is 0 Å². The quantitative estimate of drug-likeness (QED) is 0.279. The van der Waals surface area contributed by atoms with Crippen LogP contribution in [-0.4, -0.2) is 37.1 Å². The molecular weight excluding hydrogens is 464 g/mol. The summed E-state index contributed by atoms with van der Waals surface area (Å²) >= 11 is 0. The summed E-state index contributed by atoms with van der Waals surface area (Å²) in [6.45, 7) is 13.3. The summed E-state index contributed by atoms with van der Waals surface area (Å²) in [5, 5.41) is 5.96. The minimum absolute atomic E-state index is 0.112. The maximum Gasteiger partial charge on any atom is 0.407 e. The molecule has 6 nitrogen and oxygen atoms in total. The first-order valence-electron chi connectivity index (χ1n) is 12.3. The highest BCUT2D eigenvalue weighted by Crippen LogP contribution is 2.13. The Morgan fingerprint density at radius 3 is 2.08 bits per heavy atom. The fraction of sp³-hybridized carbons (Fsp3) is 0.500. The van der Waals surface area contributed by atoms with Crippen LogP contribution in [0.4, 0.5) is 13.6 Å². The van der Waals surface area contributed by atoms with Gasteiger partial charge in [0.1, 0.15) is 17.2 Å². The molecule has 1 atom stereocenters. The maximum atomic E-state index is 12.9. The molecule has 202 valence electrons. The maximum absolute atomic E-state index is 12.9. The number of nitrogens with one attached hydrogen (secondary N) is 2. The van der Waals surface area contributed by atoms with E-state index in [1.807, 2.05) is 26.8 Å². The number of benzene rings is 2. The second-order valence-electron chi connectivity index (χ2n) is 9.22. The van der Waals surface area contributed by atoms with E-state index >= 15 is 0 Å². The lowest BCUT2D eigenvalue weighted by Crippen LogP contribution is -2.33. The largest absolute Gasteiger partial charge is 0.444 e. The molecule has 0 radical (unpaired) electrons. The smallest absolute Gasteiger partial charge is 0.407 e. The van der Waals surface area contributed by atoms with Crippen molar-refractivity contribution in [1.29, 1.82) is 0 Å². The van der Waals surface area contributed by atoms with Crippen molar-refractivity contribution in [2.45, 2.75) is 72.4 Å². The summed E-state index contributed by atoms with van der Waals surface area (Å²) in [5.74, 6) is -0.640. The highest BCUT2D eigenvalue weighted by atomic mass is 19.1. The average Bonchev–Trinajstić information content (AvgIpc) is 2.79. The van der Waals surface area contributed by atoms with Crippen molar-refractivity contribution in [1.82, 2.24) is 10.6 Å². The minimum Gasteiger partial charge on any atom is -0.444 e. The molecule has 2 aromatic carbocycles. The van der Waals surface area contributed by atoms with E-state index in [2.05, 4.69) is 24.5 Å². The molecule has 2 aromatic rings. The molecule has 8 heteroatoms. The van der Waals surface area contributed by atoms with Crippen LogP contribution in [0.2, 0.25) is 0 Å². The zero-order chi connectivity index (χ0) is 27.6. The standard InChI is InChI=1S/C12H18FN.C8H7FO.C8H18N2O2/c1-3-4-8-14-10(2)11-6-5-7-12(13)9-11;1-6(10)7-3-2-4-8(9)5-7;1-8(2,3)12-7(11)10-6-4-5-9/h5-7,9-10,14H,3-4,8H2,1-2H3;2-5H,1H3;4-6,9H2,1-3H3,(H,10,11). The van der Waals surface area contributed by atoms with Crippen molar-refractivity contribution < 1.29 is 23.1 Å². The van der Waals surface area contributed by atoms with E-state index in [1.54, 1.807) is 18.2 Å². The van der Waals surface area contributed by atoms with Gasteiger partial charge in [0.2, 0.25) is 0 Å². The molecule has 0 saturated carbocycles. The number of unbranched alkanes of at least 4 members (excludes halogenated alkanes) is 1. The second kappa shape index (κ2) is 18.4. The number of amides is 1. The monoisotopic (exact) mass is 507 g/mol. The number of nitrogens with two attached hydrogens (primary N) is 1. The van der Waals surface area contributed by atoms with Gasteiger partial charge in [0.05, 0.1) is 0 Å². The predicted octanol–water partition coefficient (Wildman–Crippen LogP) is 6.16. The predicted molar refractivity (Wildman–Crippen MR) is 142 cm³/mol. The van der Waals surface area contributed by atoms with Crippen LogP contribution in [0.15, 0.2) is 48.5 Å². The van der Waals surface area contributed by atoms with Crippen LogP contribution in [0, 0.1) is 11.6 Å². The van der Waals surface area contributed by atoms with E-state index in [4.69, 9.17) is 10.5 Å². The number of hydrogen-bond acceptors (Lipinski definition) is 5. The van der Waals surface area contributed by atoms with Crippen LogP contribution in [-0.2, 0) is 4.74 Å². The lowest BCUT2D eigenvalue weighted by molar-refractivity contribution is 0.0527. The third kappa shape index (κ3) is 17.6. The number of hydrogen-bond donors (Lipinski definition) is 3. The Bertz CT molecular complexity index is 902. The molecule has 0 heterocycles. The van der Waals surface area contributed by atoms with Gasteiger partial charge in [-0.15, -0.1) is 0 Å². The summed E-state index contributed by atoms with van der Waals surface area (Å²) in [7, 11) is 0. The van der Waals surface area contributed by atoms with Crippen LogP contribution in [0.3, 0.4) is 0 Å². The third-order valence-electron chi connectivity index (χ3n) is 4.61. The zero-order valence-corrected chi connectivity index (χ0v) is 22.5. The molecule has 0 aliphatic rings. The molecule has 0 aliphatic heterocycles. The van der Waals surface area contributed by atoms with Crippen molar-refractivity contribution in [2.75, 3.05) is 19.6 Å². The Labute approximate surface area is 215 Å². The van der Waals surface area contributed by atoms with Gasteiger partial charge in [0.25, 0.3) is 0 Å². The van der Waals surface area contributed by atoms with E-state index in [1.165, 1.54) is 44.0 Å². The Morgan fingerprint density at radius 2 is 1.61 bits per heavy atom. The molecule has 0 bridgehead atoms. The second-order valence-corrected chi connectivity index (χ2v) is 9.22. The van der Waals surface area contributed by atoms with Crippen molar-refractivity contribution >= 4 is 11.9 Å². The van der Waals surface area contributed by atoms with Crippen LogP contribution < -0.4 is 16.4 Å². The van der Waals surface area contributed by atoms with Gasteiger partial charge in [-0.25, -0.2) is 13.6 Å². The molecule has 0 spiro atoms. The molecule has 1 unspecified atom stereocenters. The van der Waals surface area contributed by atoms with Crippen molar-refractivity contribution in [3.05, 3.63) is 71.3 Å². The SMILES string of the molecule is CC(=O)c1cccc(F)c1.CC(C)(C)OC(=O)NCCCN.CCCCNC(C)c1cccc(F)c1. The van der Waals surface area contributed by atoms with Gasteiger partial charge in [-0.1, -0.05) is 37.6 Å². The van der Waals surface area contributed by atoms with Gasteiger partial charge >= 0.3 is 6.09 Å². The van der Waals surface area contributed by atoms with Crippen molar-refractivity contribution in [3.63, 3.8) is 0 Å². The number of carbonyl (C=O) groups excluding carboxylic acids is 2. The Balaban J connectivity index is 0.000000518. The summed E-state index contributed by atoms with van der Waals surface area (Å²) in [6, 6.07) is 12.6. The van der Waals surface area contributed by atoms with Crippen LogP contribution in [0.25, 0.3) is 0 Å². The number of Topliss-reactive ketones (excluding diaryl/α,β-unsaturated/α-hetero) is 1. The average molecular weight is 508 g/mol. The Hall–Kier alpha value is -2.84. The number of rotatable bonds is 9. The fourth-order valence-corrected chi connectivity index (χ4v) is 2.70. The molecular formula is C28H43F2N3O3. The number of halogens is 2. The van der Waals surface area contributed by atoms with E-state index in [0.717, 1.165) is 18.5 Å². The molecule has 0 saturated heterocycles. The molecule has 4 N–H and O–H groups in total. The molecule has 0 aromatic heterocycles. The molecule has 36 heavy (non-hydrogen) atoms. The van der Waals surface area contributed by atoms with Crippen molar-refractivity contribution in [3.8, 4) is 0 Å². The summed E-state index contributed by atoms with van der Waals surface area (Å²) in [6.07, 6.45) is 2.75. The fourth-order valence-electron chi connectivity index (χ4n) is 2.70. The number of alkyl carbamates (subject to hydrolysis) is 1. The Morgan fingerprint density at radius 1 is 1.00 bits per heavy atom. The molecule has 0 fully saturated rings. The van der Waals surface area contributed by atoms with E-state index in [-0.39, 0.29) is 29.6 Å². The molecule has 1 amide bonds. The van der Waals surface area contributed by atoms with E-state index in [0.29, 0.717) is 18.7 Å². The normalized spacial score (nSPS) is 11.2. The summed E-state index contributed by atoms with van der Waals surface area (Å²) < 4.78 is 30.3. The minimum atomic E-state index is -0.424. The first-order valence-corrected chi connectivity index (χ1v) is 12.3. The number of carbonyl (C=O) groups is 2. The zero-order valence-electron chi connectivity index (χ0n) is 22.5. The van der Waals surface area contributed by atoms with Gasteiger partial charge < -0.3 is 21.1 Å². The number of ether oxygens (including phenoxy) is 1.